The van der Waals surface area contributed by atoms with Gasteiger partial charge < -0.3 is 4.74 Å². The van der Waals surface area contributed by atoms with E-state index in [0.717, 1.165) is 0 Å². The molecule has 0 saturated heterocycles. The summed E-state index contributed by atoms with van der Waals surface area (Å²) in [5.41, 5.74) is 0.0445. The van der Waals surface area contributed by atoms with E-state index in [2.05, 4.69) is 0 Å². The maximum absolute atomic E-state index is 10.8. The number of alkyl halides is 4. The van der Waals surface area contributed by atoms with Gasteiger partial charge in [-0.1, -0.05) is 55.6 Å². The molecule has 6 heteroatoms. The second-order valence-electron chi connectivity index (χ2n) is 3.61. The van der Waals surface area contributed by atoms with Gasteiger partial charge in [-0.2, -0.15) is 0 Å². The highest BCUT2D eigenvalue weighted by atomic mass is 127. The van der Waals surface area contributed by atoms with Gasteiger partial charge >= 0.3 is 5.97 Å². The average Bonchev–Trinajstić information content (AvgIpc) is 1.80. The van der Waals surface area contributed by atoms with Crippen molar-refractivity contribution in [2.45, 2.75) is 31.5 Å². The summed E-state index contributed by atoms with van der Waals surface area (Å²) in [6.45, 7) is 6.05. The van der Waals surface area contributed by atoms with Crippen molar-refractivity contribution in [2.75, 3.05) is 4.61 Å². The number of esters is 1. The molecule has 0 aromatic rings. The first-order valence-electron chi connectivity index (χ1n) is 3.83. The number of carbonyl (C=O) groups is 1. The number of hydrogen-bond acceptors (Lipinski definition) is 2. The summed E-state index contributed by atoms with van der Waals surface area (Å²) in [5, 5.41) is 0. The van der Waals surface area contributed by atoms with Crippen LogP contribution in [0.2, 0.25) is 0 Å². The molecule has 14 heavy (non-hydrogen) atoms. The Balaban J connectivity index is 0. The van der Waals surface area contributed by atoms with Crippen molar-refractivity contribution >= 4 is 63.4 Å². The molecule has 0 rings (SSSR count). The third-order valence-corrected chi connectivity index (χ3v) is 1.20. The lowest BCUT2D eigenvalue weighted by atomic mass is 9.93. The molecule has 0 radical (unpaired) electrons. The van der Waals surface area contributed by atoms with Crippen molar-refractivity contribution in [3.63, 3.8) is 0 Å². The van der Waals surface area contributed by atoms with Gasteiger partial charge in [0.2, 0.25) is 0 Å². The molecule has 0 spiro atoms. The fourth-order valence-corrected chi connectivity index (χ4v) is 0.892. The highest BCUT2D eigenvalue weighted by Crippen LogP contribution is 2.18. The molecule has 0 aromatic carbocycles. The monoisotopic (exact) mass is 374 g/mol. The Morgan fingerprint density at radius 2 is 1.71 bits per heavy atom. The van der Waals surface area contributed by atoms with Crippen LogP contribution in [0.4, 0.5) is 0 Å². The highest BCUT2D eigenvalue weighted by Gasteiger charge is 2.16. The number of ether oxygens (including phenoxy) is 1. The quantitative estimate of drug-likeness (QED) is 0.408. The second kappa shape index (κ2) is 9.31. The minimum Gasteiger partial charge on any atom is -0.455 e. The van der Waals surface area contributed by atoms with Crippen LogP contribution in [-0.2, 0) is 9.53 Å². The molecular formula is C8H14Cl3IO2. The highest BCUT2D eigenvalue weighted by molar-refractivity contribution is 14.1. The van der Waals surface area contributed by atoms with Gasteiger partial charge in [0.1, 0.15) is 4.61 Å². The fourth-order valence-electron chi connectivity index (χ4n) is 0.545. The average molecular weight is 375 g/mol. The van der Waals surface area contributed by atoms with Crippen LogP contribution in [0.1, 0.15) is 27.2 Å². The Bertz CT molecular complexity index is 154. The standard InChI is InChI=1S/C7H13IO2.CHCl3/c1-7(2,3)4-6(9)10-5-8;2-1(3)4/h4-5H2,1-3H3;1H. The summed E-state index contributed by atoms with van der Waals surface area (Å²) < 4.78 is 4.47. The molecule has 0 N–H and O–H groups in total. The molecule has 0 aliphatic rings. The van der Waals surface area contributed by atoms with E-state index in [1.807, 2.05) is 43.4 Å². The number of hydrogen-bond donors (Lipinski definition) is 0. The first-order chi connectivity index (χ1) is 6.19. The molecule has 0 amide bonds. The molecule has 2 nitrogen and oxygen atoms in total. The number of carbonyl (C=O) groups excluding carboxylic acids is 1. The fraction of sp³-hybridized carbons (Fsp3) is 0.875. The van der Waals surface area contributed by atoms with E-state index in [0.29, 0.717) is 11.0 Å². The zero-order chi connectivity index (χ0) is 11.8. The maximum atomic E-state index is 10.8. The summed E-state index contributed by atoms with van der Waals surface area (Å²) in [6.07, 6.45) is 0.496. The molecule has 0 saturated carbocycles. The lowest BCUT2D eigenvalue weighted by molar-refractivity contribution is -0.143. The van der Waals surface area contributed by atoms with E-state index < -0.39 is 4.30 Å². The van der Waals surface area contributed by atoms with Gasteiger partial charge in [0.05, 0.1) is 6.42 Å². The van der Waals surface area contributed by atoms with Crippen molar-refractivity contribution in [2.24, 2.45) is 5.41 Å². The van der Waals surface area contributed by atoms with Crippen LogP contribution in [0.25, 0.3) is 0 Å². The van der Waals surface area contributed by atoms with Crippen LogP contribution in [0, 0.1) is 5.41 Å². The summed E-state index contributed by atoms with van der Waals surface area (Å²) in [7, 11) is 0. The van der Waals surface area contributed by atoms with Gasteiger partial charge in [0, 0.05) is 0 Å². The van der Waals surface area contributed by atoms with Crippen LogP contribution < -0.4 is 0 Å². The van der Waals surface area contributed by atoms with E-state index in [9.17, 15) is 4.79 Å². The Hall–Kier alpha value is 1.07. The Labute approximate surface area is 114 Å². The van der Waals surface area contributed by atoms with E-state index in [1.54, 1.807) is 0 Å². The molecule has 0 bridgehead atoms. The first-order valence-corrected chi connectivity index (χ1v) is 6.66. The molecule has 86 valence electrons. The van der Waals surface area contributed by atoms with Gasteiger partial charge in [-0.15, -0.1) is 0 Å². The molecule has 0 aliphatic heterocycles. The third-order valence-electron chi connectivity index (χ3n) is 0.890. The van der Waals surface area contributed by atoms with E-state index >= 15 is 0 Å². The molecule has 0 unspecified atom stereocenters. The van der Waals surface area contributed by atoms with Gasteiger partial charge in [0.25, 0.3) is 0 Å². The van der Waals surface area contributed by atoms with Crippen LogP contribution in [-0.4, -0.2) is 14.9 Å². The third kappa shape index (κ3) is 23.1. The summed E-state index contributed by atoms with van der Waals surface area (Å²) >= 11 is 16.4. The molecule has 0 fully saturated rings. The molecule has 0 aromatic heterocycles. The molecule has 0 heterocycles. The van der Waals surface area contributed by atoms with Crippen molar-refractivity contribution in [1.29, 1.82) is 0 Å². The minimum absolute atomic E-state index is 0.0445. The molecular weight excluding hydrogens is 361 g/mol. The van der Waals surface area contributed by atoms with Crippen LogP contribution >= 0.6 is 57.4 Å². The summed E-state index contributed by atoms with van der Waals surface area (Å²) in [5.74, 6) is -0.109. The van der Waals surface area contributed by atoms with Gasteiger partial charge in [-0.25, -0.2) is 0 Å². The van der Waals surface area contributed by atoms with Crippen LogP contribution in [0.15, 0.2) is 0 Å². The summed E-state index contributed by atoms with van der Waals surface area (Å²) in [4.78, 5) is 10.8. The van der Waals surface area contributed by atoms with Crippen molar-refractivity contribution in [3.05, 3.63) is 0 Å². The normalized spacial score (nSPS) is 10.6. The lowest BCUT2D eigenvalue weighted by Gasteiger charge is -2.15. The van der Waals surface area contributed by atoms with Crippen LogP contribution in [0.5, 0.6) is 0 Å². The van der Waals surface area contributed by atoms with Gasteiger partial charge in [0.15, 0.2) is 4.30 Å². The predicted octanol–water partition coefficient (Wildman–Crippen LogP) is 4.34. The zero-order valence-corrected chi connectivity index (χ0v) is 12.7. The molecule has 0 atom stereocenters. The smallest absolute Gasteiger partial charge is 0.307 e. The Kier molecular flexibility index (Phi) is 11.6. The number of halogens is 4. The Morgan fingerprint density at radius 3 is 1.93 bits per heavy atom. The van der Waals surface area contributed by atoms with Gasteiger partial charge in [-0.05, 0) is 28.0 Å². The van der Waals surface area contributed by atoms with Crippen molar-refractivity contribution < 1.29 is 9.53 Å². The van der Waals surface area contributed by atoms with E-state index in [-0.39, 0.29) is 11.4 Å². The SMILES string of the molecule is CC(C)(C)CC(=O)OCI.ClC(Cl)Cl. The molecule has 0 aliphatic carbocycles. The minimum atomic E-state index is -0.750. The predicted molar refractivity (Wildman–Crippen MR) is 70.4 cm³/mol. The topological polar surface area (TPSA) is 26.3 Å². The zero-order valence-electron chi connectivity index (χ0n) is 8.32. The summed E-state index contributed by atoms with van der Waals surface area (Å²) in [6, 6.07) is 0. The Morgan fingerprint density at radius 1 is 1.36 bits per heavy atom. The van der Waals surface area contributed by atoms with E-state index in [1.165, 1.54) is 0 Å². The second-order valence-corrected chi connectivity index (χ2v) is 6.21. The first kappa shape index (κ1) is 17.5. The van der Waals surface area contributed by atoms with Gasteiger partial charge in [-0.3, -0.25) is 4.79 Å². The maximum Gasteiger partial charge on any atom is 0.307 e. The van der Waals surface area contributed by atoms with E-state index in [4.69, 9.17) is 39.5 Å². The van der Waals surface area contributed by atoms with Crippen molar-refractivity contribution in [3.8, 4) is 0 Å². The van der Waals surface area contributed by atoms with Crippen molar-refractivity contribution in [1.82, 2.24) is 0 Å². The van der Waals surface area contributed by atoms with Crippen LogP contribution in [0.3, 0.4) is 0 Å². The number of rotatable bonds is 2. The largest absolute Gasteiger partial charge is 0.455 e. The lowest BCUT2D eigenvalue weighted by Crippen LogP contribution is -2.14.